The second-order valence-corrected chi connectivity index (χ2v) is 3.40. The lowest BCUT2D eigenvalue weighted by Crippen LogP contribution is -2.29. The minimum atomic E-state index is -0.0719. The summed E-state index contributed by atoms with van der Waals surface area (Å²) in [6.45, 7) is 0.676. The minimum Gasteiger partial charge on any atom is -0.396 e. The molecule has 1 N–H and O–H groups in total. The molecule has 74 valence electrons. The molecule has 0 radical (unpaired) electrons. The molecule has 3 nitrogen and oxygen atoms in total. The molecule has 1 amide bonds. The van der Waals surface area contributed by atoms with E-state index in [2.05, 4.69) is 0 Å². The van der Waals surface area contributed by atoms with Crippen molar-refractivity contribution >= 4 is 11.6 Å². The molecule has 2 rings (SSSR count). The fourth-order valence-electron chi connectivity index (χ4n) is 1.83. The fourth-order valence-corrected chi connectivity index (χ4v) is 1.83. The first kappa shape index (κ1) is 9.21. The molecule has 3 heteroatoms. The van der Waals surface area contributed by atoms with E-state index in [0.29, 0.717) is 0 Å². The molecule has 0 spiro atoms. The number of aliphatic hydroxyl groups is 1. The predicted octanol–water partition coefficient (Wildman–Crippen LogP) is 0.958. The van der Waals surface area contributed by atoms with Gasteiger partial charge < -0.3 is 10.0 Å². The molecule has 0 saturated carbocycles. The van der Waals surface area contributed by atoms with Crippen molar-refractivity contribution in [2.24, 2.45) is 0 Å². The molecule has 1 aliphatic heterocycles. The van der Waals surface area contributed by atoms with Crippen LogP contribution in [0.3, 0.4) is 0 Å². The van der Waals surface area contributed by atoms with Crippen LogP contribution in [0.1, 0.15) is 12.0 Å². The van der Waals surface area contributed by atoms with Gasteiger partial charge in [-0.1, -0.05) is 18.2 Å². The number of hydrogen-bond acceptors (Lipinski definition) is 2. The molecule has 14 heavy (non-hydrogen) atoms. The molecule has 0 unspecified atom stereocenters. The number of hydrogen-bond donors (Lipinski definition) is 1. The Labute approximate surface area is 83.0 Å². The highest BCUT2D eigenvalue weighted by Crippen LogP contribution is 2.27. The summed E-state index contributed by atoms with van der Waals surface area (Å²) in [5.74, 6) is 0.0115. The van der Waals surface area contributed by atoms with Crippen LogP contribution in [0.4, 0.5) is 5.69 Å². The number of carbonyl (C=O) groups is 1. The van der Waals surface area contributed by atoms with Gasteiger partial charge in [0.1, 0.15) is 0 Å². The molecule has 0 saturated heterocycles. The summed E-state index contributed by atoms with van der Waals surface area (Å²) in [6.07, 6.45) is 1.14. The van der Waals surface area contributed by atoms with E-state index in [1.807, 2.05) is 24.3 Å². The molecule has 0 fully saturated rings. The lowest BCUT2D eigenvalue weighted by Gasteiger charge is -2.16. The predicted molar refractivity (Wildman–Crippen MR) is 54.2 cm³/mol. The summed E-state index contributed by atoms with van der Waals surface area (Å²) in [5.41, 5.74) is 2.23. The topological polar surface area (TPSA) is 40.5 Å². The highest BCUT2D eigenvalue weighted by Gasteiger charge is 2.22. The molecular weight excluding hydrogens is 178 g/mol. The summed E-state index contributed by atoms with van der Waals surface area (Å²) in [7, 11) is 0. The number of nitrogens with zero attached hydrogens (tertiary/aromatic N) is 1. The van der Waals surface area contributed by atoms with E-state index in [4.69, 9.17) is 5.11 Å². The third-order valence-electron chi connectivity index (χ3n) is 2.51. The molecule has 0 aliphatic carbocycles. The highest BCUT2D eigenvalue weighted by molar-refractivity contribution is 5.95. The number of para-hydroxylation sites is 1. The lowest BCUT2D eigenvalue weighted by atomic mass is 10.2. The van der Waals surface area contributed by atoms with E-state index in [9.17, 15) is 4.79 Å². The van der Waals surface area contributed by atoms with Gasteiger partial charge >= 0.3 is 0 Å². The first-order valence-electron chi connectivity index (χ1n) is 4.82. The minimum absolute atomic E-state index is 0.0115. The van der Waals surface area contributed by atoms with Crippen molar-refractivity contribution in [2.75, 3.05) is 18.1 Å². The van der Waals surface area contributed by atoms with Crippen molar-refractivity contribution in [3.05, 3.63) is 29.8 Å². The normalized spacial score (nSPS) is 14.2. The van der Waals surface area contributed by atoms with Crippen molar-refractivity contribution in [2.45, 2.75) is 12.8 Å². The SMILES string of the molecule is O=C(CCO)N1CCc2ccccc21. The molecule has 1 aromatic carbocycles. The number of aliphatic hydroxyl groups excluding tert-OH is 1. The van der Waals surface area contributed by atoms with Gasteiger partial charge in [0.15, 0.2) is 0 Å². The summed E-state index contributed by atoms with van der Waals surface area (Å²) >= 11 is 0. The van der Waals surface area contributed by atoms with Crippen molar-refractivity contribution < 1.29 is 9.90 Å². The molecule has 0 bridgehead atoms. The second kappa shape index (κ2) is 3.80. The van der Waals surface area contributed by atoms with Crippen LogP contribution in [0, 0.1) is 0 Å². The van der Waals surface area contributed by atoms with Crippen molar-refractivity contribution in [3.8, 4) is 0 Å². The zero-order chi connectivity index (χ0) is 9.97. The van der Waals surface area contributed by atoms with E-state index in [0.717, 1.165) is 18.7 Å². The number of benzene rings is 1. The quantitative estimate of drug-likeness (QED) is 0.756. The van der Waals surface area contributed by atoms with Gasteiger partial charge in [0.2, 0.25) is 5.91 Å². The molecule has 0 atom stereocenters. The van der Waals surface area contributed by atoms with Gasteiger partial charge in [-0.3, -0.25) is 4.79 Å². The molecule has 0 aromatic heterocycles. The monoisotopic (exact) mass is 191 g/mol. The Balaban J connectivity index is 2.21. The van der Waals surface area contributed by atoms with Crippen molar-refractivity contribution in [3.63, 3.8) is 0 Å². The van der Waals surface area contributed by atoms with Crippen LogP contribution in [0.2, 0.25) is 0 Å². The van der Waals surface area contributed by atoms with E-state index in [1.165, 1.54) is 5.56 Å². The average molecular weight is 191 g/mol. The Hall–Kier alpha value is -1.35. The van der Waals surface area contributed by atoms with Gasteiger partial charge in [0.05, 0.1) is 13.0 Å². The van der Waals surface area contributed by atoms with E-state index >= 15 is 0 Å². The number of anilines is 1. The van der Waals surface area contributed by atoms with E-state index in [-0.39, 0.29) is 18.9 Å². The Morgan fingerprint density at radius 1 is 1.43 bits per heavy atom. The van der Waals surface area contributed by atoms with Crippen LogP contribution in [0.5, 0.6) is 0 Å². The van der Waals surface area contributed by atoms with Crippen LogP contribution < -0.4 is 4.90 Å². The second-order valence-electron chi connectivity index (χ2n) is 3.40. The standard InChI is InChI=1S/C11H13NO2/c13-8-6-11(14)12-7-5-9-3-1-2-4-10(9)12/h1-4,13H,5-8H2. The molecule has 1 aliphatic rings. The van der Waals surface area contributed by atoms with Gasteiger partial charge in [0.25, 0.3) is 0 Å². The maximum absolute atomic E-state index is 11.6. The van der Waals surface area contributed by atoms with Crippen LogP contribution in [0.25, 0.3) is 0 Å². The van der Waals surface area contributed by atoms with Gasteiger partial charge in [-0.15, -0.1) is 0 Å². The van der Waals surface area contributed by atoms with Crippen molar-refractivity contribution in [1.82, 2.24) is 0 Å². The van der Waals surface area contributed by atoms with Crippen LogP contribution in [-0.2, 0) is 11.2 Å². The smallest absolute Gasteiger partial charge is 0.229 e. The summed E-state index contributed by atoms with van der Waals surface area (Å²) in [6, 6.07) is 7.92. The average Bonchev–Trinajstić information content (AvgIpc) is 2.61. The first-order chi connectivity index (χ1) is 6.83. The third-order valence-corrected chi connectivity index (χ3v) is 2.51. The van der Waals surface area contributed by atoms with Crippen LogP contribution >= 0.6 is 0 Å². The first-order valence-corrected chi connectivity index (χ1v) is 4.82. The Morgan fingerprint density at radius 3 is 3.00 bits per heavy atom. The van der Waals surface area contributed by atoms with E-state index < -0.39 is 0 Å². The van der Waals surface area contributed by atoms with Crippen LogP contribution in [0.15, 0.2) is 24.3 Å². The maximum atomic E-state index is 11.6. The van der Waals surface area contributed by atoms with Gasteiger partial charge in [-0.25, -0.2) is 0 Å². The number of fused-ring (bicyclic) bond motifs is 1. The lowest BCUT2D eigenvalue weighted by molar-refractivity contribution is -0.119. The van der Waals surface area contributed by atoms with Crippen LogP contribution in [-0.4, -0.2) is 24.2 Å². The Morgan fingerprint density at radius 2 is 2.21 bits per heavy atom. The third kappa shape index (κ3) is 1.51. The number of carbonyl (C=O) groups excluding carboxylic acids is 1. The molecule has 1 aromatic rings. The summed E-state index contributed by atoms with van der Waals surface area (Å²) in [4.78, 5) is 13.3. The van der Waals surface area contributed by atoms with Crippen molar-refractivity contribution in [1.29, 1.82) is 0 Å². The highest BCUT2D eigenvalue weighted by atomic mass is 16.3. The maximum Gasteiger partial charge on any atom is 0.229 e. The number of amides is 1. The van der Waals surface area contributed by atoms with Gasteiger partial charge in [-0.2, -0.15) is 0 Å². The Bertz CT molecular complexity index is 349. The zero-order valence-corrected chi connectivity index (χ0v) is 7.94. The van der Waals surface area contributed by atoms with Gasteiger partial charge in [-0.05, 0) is 18.1 Å². The largest absolute Gasteiger partial charge is 0.396 e. The Kier molecular flexibility index (Phi) is 2.50. The van der Waals surface area contributed by atoms with E-state index in [1.54, 1.807) is 4.90 Å². The number of rotatable bonds is 2. The summed E-state index contributed by atoms with van der Waals surface area (Å²) < 4.78 is 0. The zero-order valence-electron chi connectivity index (χ0n) is 7.94. The fraction of sp³-hybridized carbons (Fsp3) is 0.364. The van der Waals surface area contributed by atoms with Gasteiger partial charge in [0, 0.05) is 12.2 Å². The summed E-state index contributed by atoms with van der Waals surface area (Å²) in [5, 5.41) is 8.70. The molecule has 1 heterocycles. The molecular formula is C11H13NO2.